The predicted octanol–water partition coefficient (Wildman–Crippen LogP) is 7.23. The first kappa shape index (κ1) is 35.9. The second-order valence-electron chi connectivity index (χ2n) is 18.8. The van der Waals surface area contributed by atoms with Crippen LogP contribution < -0.4 is 0 Å². The summed E-state index contributed by atoms with van der Waals surface area (Å²) in [5.74, 6) is 0.742. The SMILES string of the molecule is CC(C)C1=C2[C@H]3CC[C@@H]4[C@@]5(C)CC=C(c6cn(CC(=O)OC(C)(C)C)nn6)C(C)(C)[C@@H]5CC[C@@]4(C)[C@]3(C)CC[C@@]2([C@@H](O)C[N+](=O)[O-])CC1=O. The number of aliphatic hydroxyl groups excluding tert-OH is 1. The number of esters is 1. The molecule has 1 heterocycles. The van der Waals surface area contributed by atoms with Gasteiger partial charge < -0.3 is 9.84 Å². The minimum absolute atomic E-state index is 0.0000824. The van der Waals surface area contributed by atoms with Crippen molar-refractivity contribution in [2.24, 2.45) is 50.7 Å². The maximum absolute atomic E-state index is 13.7. The Balaban J connectivity index is 1.33. The van der Waals surface area contributed by atoms with E-state index in [0.717, 1.165) is 55.4 Å². The summed E-state index contributed by atoms with van der Waals surface area (Å²) < 4.78 is 7.08. The lowest BCUT2D eigenvalue weighted by molar-refractivity contribution is -0.494. The van der Waals surface area contributed by atoms with Crippen LogP contribution in [0.3, 0.4) is 0 Å². The molecule has 0 saturated heterocycles. The first-order valence-corrected chi connectivity index (χ1v) is 18.5. The second kappa shape index (κ2) is 11.6. The summed E-state index contributed by atoms with van der Waals surface area (Å²) >= 11 is 0. The standard InChI is InChI=1S/C39H58N4O6/c1-23(2)32-27(44)19-39(30(45)21-43(47)48)18-17-37(9)25(33(32)39)11-12-29-36(8)15-13-24(35(6,7)28(36)14-16-38(29,37)10)26-20-42(41-40-26)22-31(46)49-34(3,4)5/h13,20,23,25,28-30,45H,11-12,14-19,21-22H2,1-10H3/t25-,28+,29-,30+,36+,37-,38-,39+/m1/s1. The van der Waals surface area contributed by atoms with Crippen LogP contribution in [-0.4, -0.2) is 55.0 Å². The molecular weight excluding hydrogens is 620 g/mol. The van der Waals surface area contributed by atoms with E-state index in [2.05, 4.69) is 64.9 Å². The van der Waals surface area contributed by atoms with Crippen molar-refractivity contribution in [1.29, 1.82) is 0 Å². The minimum Gasteiger partial charge on any atom is -0.459 e. The maximum Gasteiger partial charge on any atom is 0.328 e. The Kier molecular flexibility index (Phi) is 8.49. The number of ether oxygens (including phenoxy) is 1. The Hall–Kier alpha value is -2.88. The molecule has 5 aliphatic rings. The number of Topliss-reactive ketones (excluding diaryl/α,β-unsaturated/α-hetero) is 1. The molecule has 10 nitrogen and oxygen atoms in total. The van der Waals surface area contributed by atoms with Gasteiger partial charge in [-0.2, -0.15) is 0 Å². The van der Waals surface area contributed by atoms with E-state index in [1.54, 1.807) is 4.68 Å². The number of hydrogen-bond donors (Lipinski definition) is 1. The van der Waals surface area contributed by atoms with Gasteiger partial charge in [-0.05, 0) is 122 Å². The number of hydrogen-bond acceptors (Lipinski definition) is 8. The van der Waals surface area contributed by atoms with Crippen molar-refractivity contribution in [1.82, 2.24) is 15.0 Å². The fourth-order valence-electron chi connectivity index (χ4n) is 12.5. The molecule has 5 aliphatic carbocycles. The van der Waals surface area contributed by atoms with Crippen molar-refractivity contribution >= 4 is 17.3 Å². The Morgan fingerprint density at radius 2 is 1.78 bits per heavy atom. The number of aromatic nitrogens is 3. The molecule has 1 aromatic rings. The number of rotatable bonds is 7. The molecule has 3 fully saturated rings. The third kappa shape index (κ3) is 5.36. The molecule has 0 aliphatic heterocycles. The highest BCUT2D eigenvalue weighted by Crippen LogP contribution is 2.77. The molecule has 0 unspecified atom stereocenters. The highest BCUT2D eigenvalue weighted by Gasteiger charge is 2.70. The molecule has 8 atom stereocenters. The van der Waals surface area contributed by atoms with Crippen molar-refractivity contribution in [3.05, 3.63) is 39.2 Å². The summed E-state index contributed by atoms with van der Waals surface area (Å²) in [4.78, 5) is 37.4. The van der Waals surface area contributed by atoms with Gasteiger partial charge in [-0.3, -0.25) is 19.7 Å². The summed E-state index contributed by atoms with van der Waals surface area (Å²) in [6.07, 6.45) is 9.78. The Morgan fingerprint density at radius 1 is 1.08 bits per heavy atom. The average molecular weight is 679 g/mol. The number of aliphatic hydroxyl groups is 1. The molecule has 1 N–H and O–H groups in total. The van der Waals surface area contributed by atoms with Crippen molar-refractivity contribution in [2.75, 3.05) is 6.54 Å². The third-order valence-corrected chi connectivity index (χ3v) is 14.5. The molecule has 49 heavy (non-hydrogen) atoms. The summed E-state index contributed by atoms with van der Waals surface area (Å²) in [5, 5.41) is 32.0. The maximum atomic E-state index is 13.7. The van der Waals surface area contributed by atoms with Crippen LogP contribution in [0.2, 0.25) is 0 Å². The van der Waals surface area contributed by atoms with Gasteiger partial charge in [0, 0.05) is 16.8 Å². The van der Waals surface area contributed by atoms with Crippen LogP contribution in [0.4, 0.5) is 0 Å². The fraction of sp³-hybridized carbons (Fsp3) is 0.795. The van der Waals surface area contributed by atoms with Crippen molar-refractivity contribution in [3.63, 3.8) is 0 Å². The molecule has 0 aromatic carbocycles. The number of allylic oxidation sites excluding steroid dienone is 3. The summed E-state index contributed by atoms with van der Waals surface area (Å²) in [6.45, 7) is 21.3. The zero-order valence-electron chi connectivity index (χ0n) is 31.4. The zero-order chi connectivity index (χ0) is 36.1. The van der Waals surface area contributed by atoms with Gasteiger partial charge in [-0.1, -0.05) is 65.3 Å². The van der Waals surface area contributed by atoms with Gasteiger partial charge in [0.05, 0.1) is 6.20 Å². The van der Waals surface area contributed by atoms with Crippen LogP contribution in [0.5, 0.6) is 0 Å². The van der Waals surface area contributed by atoms with E-state index < -0.39 is 28.6 Å². The van der Waals surface area contributed by atoms with Crippen LogP contribution in [-0.2, 0) is 20.9 Å². The summed E-state index contributed by atoms with van der Waals surface area (Å²) in [6, 6.07) is 0. The van der Waals surface area contributed by atoms with Gasteiger partial charge in [-0.25, -0.2) is 4.68 Å². The van der Waals surface area contributed by atoms with E-state index in [-0.39, 0.29) is 58.2 Å². The lowest BCUT2D eigenvalue weighted by Gasteiger charge is -2.71. The van der Waals surface area contributed by atoms with Crippen molar-refractivity contribution in [3.8, 4) is 0 Å². The average Bonchev–Trinajstić information content (AvgIpc) is 3.53. The second-order valence-corrected chi connectivity index (χ2v) is 18.8. The van der Waals surface area contributed by atoms with Crippen molar-refractivity contribution < 1.29 is 24.4 Å². The van der Waals surface area contributed by atoms with Gasteiger partial charge in [0.2, 0.25) is 6.54 Å². The molecule has 0 amide bonds. The molecule has 1 aromatic heterocycles. The number of ketones is 1. The van der Waals surface area contributed by atoms with Gasteiger partial charge in [-0.15, -0.1) is 5.10 Å². The number of carbonyl (C=O) groups is 2. The van der Waals surface area contributed by atoms with E-state index in [1.165, 1.54) is 5.57 Å². The molecular formula is C39H58N4O6. The van der Waals surface area contributed by atoms with Crippen LogP contribution in [0, 0.1) is 60.9 Å². The third-order valence-electron chi connectivity index (χ3n) is 14.5. The van der Waals surface area contributed by atoms with Crippen LogP contribution in [0.25, 0.3) is 5.57 Å². The van der Waals surface area contributed by atoms with E-state index in [0.29, 0.717) is 18.3 Å². The lowest BCUT2D eigenvalue weighted by atomic mass is 9.33. The van der Waals surface area contributed by atoms with E-state index in [4.69, 9.17) is 4.74 Å². The highest BCUT2D eigenvalue weighted by atomic mass is 16.6. The van der Waals surface area contributed by atoms with Gasteiger partial charge in [0.1, 0.15) is 23.9 Å². The Labute approximate surface area is 291 Å². The topological polar surface area (TPSA) is 137 Å². The van der Waals surface area contributed by atoms with Gasteiger partial charge >= 0.3 is 5.97 Å². The van der Waals surface area contributed by atoms with Gasteiger partial charge in [0.15, 0.2) is 5.78 Å². The quantitative estimate of drug-likeness (QED) is 0.181. The number of fused-ring (bicyclic) bond motifs is 7. The van der Waals surface area contributed by atoms with Crippen LogP contribution in [0.15, 0.2) is 23.4 Å². The molecule has 0 radical (unpaired) electrons. The first-order valence-electron chi connectivity index (χ1n) is 18.5. The molecule has 0 bridgehead atoms. The normalized spacial score (nSPS) is 37.5. The van der Waals surface area contributed by atoms with E-state index in [1.807, 2.05) is 27.0 Å². The van der Waals surface area contributed by atoms with E-state index in [9.17, 15) is 24.8 Å². The molecule has 10 heteroatoms. The van der Waals surface area contributed by atoms with Crippen molar-refractivity contribution in [2.45, 2.75) is 139 Å². The highest BCUT2D eigenvalue weighted by molar-refractivity contribution is 6.00. The minimum atomic E-state index is -1.16. The fourth-order valence-corrected chi connectivity index (χ4v) is 12.5. The number of nitro groups is 1. The number of carbonyl (C=O) groups excluding carboxylic acids is 2. The lowest BCUT2D eigenvalue weighted by Crippen LogP contribution is -2.64. The zero-order valence-corrected chi connectivity index (χ0v) is 31.4. The first-order chi connectivity index (χ1) is 22.6. The largest absolute Gasteiger partial charge is 0.459 e. The molecule has 0 spiro atoms. The Bertz CT molecular complexity index is 1620. The smallest absolute Gasteiger partial charge is 0.328 e. The molecule has 3 saturated carbocycles. The Morgan fingerprint density at radius 3 is 2.41 bits per heavy atom. The molecule has 6 rings (SSSR count). The number of nitrogens with zero attached hydrogens (tertiary/aromatic N) is 4. The van der Waals surface area contributed by atoms with Crippen LogP contribution >= 0.6 is 0 Å². The summed E-state index contributed by atoms with van der Waals surface area (Å²) in [5.41, 5.74) is 2.30. The van der Waals surface area contributed by atoms with Gasteiger partial charge in [0.25, 0.3) is 0 Å². The predicted molar refractivity (Wildman–Crippen MR) is 187 cm³/mol. The summed E-state index contributed by atoms with van der Waals surface area (Å²) in [7, 11) is 0. The van der Waals surface area contributed by atoms with Crippen LogP contribution in [0.1, 0.15) is 126 Å². The van der Waals surface area contributed by atoms with E-state index >= 15 is 0 Å². The molecule has 270 valence electrons. The monoisotopic (exact) mass is 678 g/mol.